The molecule has 0 unspecified atom stereocenters. The van der Waals surface area contributed by atoms with Gasteiger partial charge in [0.15, 0.2) is 0 Å². The summed E-state index contributed by atoms with van der Waals surface area (Å²) in [7, 11) is 3.45. The minimum absolute atomic E-state index is 0.578. The van der Waals surface area contributed by atoms with Gasteiger partial charge in [-0.05, 0) is 78.3 Å². The summed E-state index contributed by atoms with van der Waals surface area (Å²) in [4.78, 5) is 0. The lowest BCUT2D eigenvalue weighted by Gasteiger charge is -2.07. The van der Waals surface area contributed by atoms with Crippen molar-refractivity contribution in [3.8, 4) is 45.3 Å². The number of furan rings is 2. The molecule has 0 radical (unpaired) electrons. The molecule has 0 fully saturated rings. The SMILES string of the molecule is CCCCc1cc(-c2cccc(COC)c2)oc1-c1cccc(-c2oc(-c3cccc(COC)c3)cc2CCCC)c1. The zero-order valence-electron chi connectivity index (χ0n) is 25.4. The summed E-state index contributed by atoms with van der Waals surface area (Å²) in [5.41, 5.74) is 9.01. The van der Waals surface area contributed by atoms with Gasteiger partial charge in [0, 0.05) is 36.5 Å². The first kappa shape index (κ1) is 29.6. The molecule has 5 rings (SSSR count). The molecule has 5 aromatic rings. The quantitative estimate of drug-likeness (QED) is 0.135. The topological polar surface area (TPSA) is 44.7 Å². The summed E-state index contributed by atoms with van der Waals surface area (Å²) in [5, 5.41) is 0. The third-order valence-corrected chi connectivity index (χ3v) is 7.65. The van der Waals surface area contributed by atoms with Gasteiger partial charge in [-0.15, -0.1) is 0 Å². The Bertz CT molecular complexity index is 1470. The van der Waals surface area contributed by atoms with Crippen LogP contribution in [0, 0.1) is 0 Å². The molecule has 0 aliphatic carbocycles. The molecule has 0 bridgehead atoms. The lowest BCUT2D eigenvalue weighted by atomic mass is 9.99. The molecule has 4 heteroatoms. The van der Waals surface area contributed by atoms with Crippen molar-refractivity contribution in [2.75, 3.05) is 14.2 Å². The Morgan fingerprint density at radius 1 is 0.524 bits per heavy atom. The third kappa shape index (κ3) is 6.95. The summed E-state index contributed by atoms with van der Waals surface area (Å²) in [6.45, 7) is 5.61. The van der Waals surface area contributed by atoms with E-state index in [1.165, 1.54) is 11.1 Å². The molecule has 0 atom stereocenters. The van der Waals surface area contributed by atoms with Gasteiger partial charge in [0.1, 0.15) is 23.0 Å². The molecule has 0 saturated heterocycles. The Labute approximate surface area is 250 Å². The van der Waals surface area contributed by atoms with E-state index in [0.717, 1.165) is 94.9 Å². The maximum atomic E-state index is 6.63. The average molecular weight is 563 g/mol. The van der Waals surface area contributed by atoms with Crippen LogP contribution in [0.2, 0.25) is 0 Å². The van der Waals surface area contributed by atoms with Crippen LogP contribution in [0.25, 0.3) is 45.3 Å². The molecule has 0 aliphatic heterocycles. The molecule has 3 aromatic carbocycles. The van der Waals surface area contributed by atoms with E-state index >= 15 is 0 Å². The van der Waals surface area contributed by atoms with Crippen LogP contribution in [0.1, 0.15) is 61.8 Å². The molecule has 218 valence electrons. The van der Waals surface area contributed by atoms with Crippen molar-refractivity contribution >= 4 is 0 Å². The Balaban J connectivity index is 1.54. The molecule has 0 N–H and O–H groups in total. The van der Waals surface area contributed by atoms with Gasteiger partial charge in [0.25, 0.3) is 0 Å². The lowest BCUT2D eigenvalue weighted by molar-refractivity contribution is 0.185. The van der Waals surface area contributed by atoms with Crippen molar-refractivity contribution in [2.24, 2.45) is 0 Å². The van der Waals surface area contributed by atoms with Crippen LogP contribution in [0.3, 0.4) is 0 Å². The smallest absolute Gasteiger partial charge is 0.138 e. The minimum Gasteiger partial charge on any atom is -0.456 e. The van der Waals surface area contributed by atoms with Crippen LogP contribution in [0.15, 0.2) is 93.8 Å². The van der Waals surface area contributed by atoms with Gasteiger partial charge in [-0.1, -0.05) is 81.3 Å². The first-order valence-corrected chi connectivity index (χ1v) is 15.2. The summed E-state index contributed by atoms with van der Waals surface area (Å²) in [6, 6.07) is 29.9. The molecule has 0 saturated carbocycles. The van der Waals surface area contributed by atoms with Crippen molar-refractivity contribution in [3.63, 3.8) is 0 Å². The van der Waals surface area contributed by atoms with E-state index in [9.17, 15) is 0 Å². The fourth-order valence-corrected chi connectivity index (χ4v) is 5.50. The molecular formula is C38H42O4. The van der Waals surface area contributed by atoms with E-state index in [4.69, 9.17) is 18.3 Å². The maximum absolute atomic E-state index is 6.63. The Morgan fingerprint density at radius 2 is 0.952 bits per heavy atom. The highest BCUT2D eigenvalue weighted by Gasteiger charge is 2.19. The first-order chi connectivity index (χ1) is 20.6. The predicted molar refractivity (Wildman–Crippen MR) is 171 cm³/mol. The number of rotatable bonds is 14. The van der Waals surface area contributed by atoms with Crippen LogP contribution >= 0.6 is 0 Å². The summed E-state index contributed by atoms with van der Waals surface area (Å²) in [5.74, 6) is 3.65. The molecule has 4 nitrogen and oxygen atoms in total. The molecule has 0 amide bonds. The Morgan fingerprint density at radius 3 is 1.38 bits per heavy atom. The second kappa shape index (κ2) is 14.4. The van der Waals surface area contributed by atoms with Crippen molar-refractivity contribution in [3.05, 3.63) is 107 Å². The molecule has 0 aliphatic rings. The van der Waals surface area contributed by atoms with Crippen LogP contribution in [-0.2, 0) is 35.5 Å². The molecule has 0 spiro atoms. The zero-order chi connectivity index (χ0) is 29.3. The van der Waals surface area contributed by atoms with Gasteiger partial charge in [0.2, 0.25) is 0 Å². The van der Waals surface area contributed by atoms with Crippen molar-refractivity contribution in [1.29, 1.82) is 0 Å². The minimum atomic E-state index is 0.578. The van der Waals surface area contributed by atoms with Crippen LogP contribution in [0.4, 0.5) is 0 Å². The van der Waals surface area contributed by atoms with Gasteiger partial charge in [-0.2, -0.15) is 0 Å². The van der Waals surface area contributed by atoms with E-state index in [-0.39, 0.29) is 0 Å². The summed E-state index contributed by atoms with van der Waals surface area (Å²) in [6.07, 6.45) is 6.43. The Kier molecular flexibility index (Phi) is 10.1. The number of aryl methyl sites for hydroxylation is 2. The number of ether oxygens (including phenoxy) is 2. The van der Waals surface area contributed by atoms with Crippen LogP contribution in [0.5, 0.6) is 0 Å². The molecular weight excluding hydrogens is 520 g/mol. The van der Waals surface area contributed by atoms with E-state index in [1.54, 1.807) is 14.2 Å². The van der Waals surface area contributed by atoms with E-state index in [1.807, 2.05) is 0 Å². The highest BCUT2D eigenvalue weighted by Crippen LogP contribution is 2.38. The predicted octanol–water partition coefficient (Wildman–Crippen LogP) is 10.5. The van der Waals surface area contributed by atoms with Gasteiger partial charge >= 0.3 is 0 Å². The number of hydrogen-bond donors (Lipinski definition) is 0. The second-order valence-corrected chi connectivity index (χ2v) is 11.0. The van der Waals surface area contributed by atoms with Crippen LogP contribution in [-0.4, -0.2) is 14.2 Å². The monoisotopic (exact) mass is 562 g/mol. The van der Waals surface area contributed by atoms with Gasteiger partial charge in [0.05, 0.1) is 13.2 Å². The number of benzene rings is 3. The molecule has 42 heavy (non-hydrogen) atoms. The van der Waals surface area contributed by atoms with Gasteiger partial charge in [-0.3, -0.25) is 0 Å². The normalized spacial score (nSPS) is 11.3. The largest absolute Gasteiger partial charge is 0.456 e. The van der Waals surface area contributed by atoms with E-state index in [2.05, 4.69) is 98.8 Å². The highest BCUT2D eigenvalue weighted by atomic mass is 16.5. The van der Waals surface area contributed by atoms with Gasteiger partial charge in [-0.25, -0.2) is 0 Å². The second-order valence-electron chi connectivity index (χ2n) is 11.0. The number of unbranched alkanes of at least 4 members (excludes halogenated alkanes) is 2. The van der Waals surface area contributed by atoms with Crippen molar-refractivity contribution < 1.29 is 18.3 Å². The summed E-state index contributed by atoms with van der Waals surface area (Å²) >= 11 is 0. The molecule has 2 aromatic heterocycles. The third-order valence-electron chi connectivity index (χ3n) is 7.65. The van der Waals surface area contributed by atoms with Gasteiger partial charge < -0.3 is 18.3 Å². The lowest BCUT2D eigenvalue weighted by Crippen LogP contribution is -1.88. The van der Waals surface area contributed by atoms with Crippen molar-refractivity contribution in [1.82, 2.24) is 0 Å². The zero-order valence-corrected chi connectivity index (χ0v) is 25.4. The average Bonchev–Trinajstić information content (AvgIpc) is 3.65. The number of hydrogen-bond acceptors (Lipinski definition) is 4. The first-order valence-electron chi connectivity index (χ1n) is 15.2. The highest BCUT2D eigenvalue weighted by molar-refractivity contribution is 5.75. The maximum Gasteiger partial charge on any atom is 0.138 e. The fourth-order valence-electron chi connectivity index (χ4n) is 5.50. The molecule has 2 heterocycles. The van der Waals surface area contributed by atoms with E-state index < -0.39 is 0 Å². The van der Waals surface area contributed by atoms with E-state index in [0.29, 0.717) is 13.2 Å². The van der Waals surface area contributed by atoms with Crippen LogP contribution < -0.4 is 0 Å². The van der Waals surface area contributed by atoms with Crippen molar-refractivity contribution in [2.45, 2.75) is 65.6 Å². The number of methoxy groups -OCH3 is 2. The summed E-state index contributed by atoms with van der Waals surface area (Å²) < 4.78 is 24.0. The standard InChI is InChI=1S/C38H42O4/c1-5-7-14-33-23-35(29-16-9-12-27(20-29)25-39-3)41-37(33)31-18-11-19-32(22-31)38-34(15-8-6-2)24-36(42-38)30-17-10-13-28(21-30)26-40-4/h9-13,16-24H,5-8,14-15,25-26H2,1-4H3. The Hall–Kier alpha value is -3.86. The fraction of sp³-hybridized carbons (Fsp3) is 0.316.